The van der Waals surface area contributed by atoms with Gasteiger partial charge in [-0.15, -0.1) is 0 Å². The van der Waals surface area contributed by atoms with Crippen molar-refractivity contribution in [2.24, 2.45) is 0 Å². The van der Waals surface area contributed by atoms with E-state index in [-0.39, 0.29) is 0 Å². The molecule has 0 aromatic carbocycles. The van der Waals surface area contributed by atoms with E-state index >= 15 is 0 Å². The molecular weight excluding hydrogens is 138 g/mol. The first-order valence-corrected chi connectivity index (χ1v) is 4.35. The first kappa shape index (κ1) is 10.6. The van der Waals surface area contributed by atoms with Gasteiger partial charge < -0.3 is 4.90 Å². The van der Waals surface area contributed by atoms with Gasteiger partial charge in [-0.05, 0) is 26.4 Å². The zero-order valence-corrected chi connectivity index (χ0v) is 7.76. The third-order valence-electron chi connectivity index (χ3n) is 2.10. The Hall–Kier alpha value is -0.370. The zero-order valence-electron chi connectivity index (χ0n) is 7.76. The van der Waals surface area contributed by atoms with Gasteiger partial charge >= 0.3 is 0 Å². The standard InChI is InChI=1S/C9H18NO/c1-4-10(5-2)9(3)7-6-8-11/h9H,4-7H2,1-3H3. The van der Waals surface area contributed by atoms with Gasteiger partial charge in [0.2, 0.25) is 0 Å². The molecule has 0 saturated carbocycles. The Bertz CT molecular complexity index is 99.7. The Balaban J connectivity index is 3.59. The van der Waals surface area contributed by atoms with E-state index in [1.54, 1.807) is 0 Å². The molecule has 0 saturated heterocycles. The minimum Gasteiger partial charge on any atom is -0.301 e. The molecule has 0 aliphatic heterocycles. The second kappa shape index (κ2) is 6.35. The molecule has 11 heavy (non-hydrogen) atoms. The molecule has 0 amide bonds. The van der Waals surface area contributed by atoms with Crippen LogP contribution in [-0.2, 0) is 4.79 Å². The molecule has 0 bridgehead atoms. The lowest BCUT2D eigenvalue weighted by atomic mass is 10.1. The number of hydrogen-bond acceptors (Lipinski definition) is 2. The molecule has 0 N–H and O–H groups in total. The van der Waals surface area contributed by atoms with Crippen LogP contribution in [0.1, 0.15) is 33.6 Å². The van der Waals surface area contributed by atoms with Crippen molar-refractivity contribution in [3.63, 3.8) is 0 Å². The Morgan fingerprint density at radius 1 is 1.36 bits per heavy atom. The van der Waals surface area contributed by atoms with Gasteiger partial charge in [0.25, 0.3) is 0 Å². The number of nitrogens with zero attached hydrogens (tertiary/aromatic N) is 1. The largest absolute Gasteiger partial charge is 0.301 e. The predicted octanol–water partition coefficient (Wildman–Crippen LogP) is 1.61. The fraction of sp³-hybridized carbons (Fsp3) is 0.889. The highest BCUT2D eigenvalue weighted by molar-refractivity contribution is 5.50. The molecule has 65 valence electrons. The van der Waals surface area contributed by atoms with Gasteiger partial charge in [-0.3, -0.25) is 4.79 Å². The van der Waals surface area contributed by atoms with Crippen molar-refractivity contribution in [1.82, 2.24) is 4.90 Å². The van der Waals surface area contributed by atoms with Crippen LogP contribution in [0.5, 0.6) is 0 Å². The molecule has 0 aromatic heterocycles. The van der Waals surface area contributed by atoms with Crippen molar-refractivity contribution >= 4 is 6.29 Å². The van der Waals surface area contributed by atoms with Crippen LogP contribution < -0.4 is 0 Å². The Morgan fingerprint density at radius 3 is 2.27 bits per heavy atom. The summed E-state index contributed by atoms with van der Waals surface area (Å²) < 4.78 is 0. The lowest BCUT2D eigenvalue weighted by Gasteiger charge is -2.25. The van der Waals surface area contributed by atoms with Crippen LogP contribution in [0.15, 0.2) is 0 Å². The molecule has 0 spiro atoms. The molecule has 0 rings (SSSR count). The fourth-order valence-corrected chi connectivity index (χ4v) is 1.30. The Kier molecular flexibility index (Phi) is 6.13. The highest BCUT2D eigenvalue weighted by Crippen LogP contribution is 2.04. The summed E-state index contributed by atoms with van der Waals surface area (Å²) in [6, 6.07) is 0.520. The van der Waals surface area contributed by atoms with Gasteiger partial charge in [0.1, 0.15) is 0 Å². The van der Waals surface area contributed by atoms with E-state index in [1.807, 2.05) is 6.29 Å². The van der Waals surface area contributed by atoms with Gasteiger partial charge in [0.15, 0.2) is 6.29 Å². The molecule has 2 heteroatoms. The molecule has 1 radical (unpaired) electrons. The second-order valence-electron chi connectivity index (χ2n) is 2.75. The summed E-state index contributed by atoms with van der Waals surface area (Å²) in [5.41, 5.74) is 0. The molecule has 0 aliphatic carbocycles. The maximum absolute atomic E-state index is 9.97. The monoisotopic (exact) mass is 156 g/mol. The third-order valence-corrected chi connectivity index (χ3v) is 2.10. The van der Waals surface area contributed by atoms with E-state index in [0.29, 0.717) is 12.5 Å². The summed E-state index contributed by atoms with van der Waals surface area (Å²) in [6.07, 6.45) is 3.43. The Morgan fingerprint density at radius 2 is 1.91 bits per heavy atom. The smallest absolute Gasteiger partial charge is 0.198 e. The van der Waals surface area contributed by atoms with Crippen LogP contribution in [0.4, 0.5) is 0 Å². The number of hydrogen-bond donors (Lipinski definition) is 0. The molecule has 2 nitrogen and oxygen atoms in total. The van der Waals surface area contributed by atoms with Crippen LogP contribution in [0, 0.1) is 0 Å². The minimum absolute atomic E-state index is 0.520. The first-order valence-electron chi connectivity index (χ1n) is 4.35. The molecule has 0 aromatic rings. The molecule has 0 heterocycles. The maximum atomic E-state index is 9.97. The van der Waals surface area contributed by atoms with E-state index in [9.17, 15) is 4.79 Å². The van der Waals surface area contributed by atoms with Crippen molar-refractivity contribution in [1.29, 1.82) is 0 Å². The van der Waals surface area contributed by atoms with Gasteiger partial charge in [-0.25, -0.2) is 0 Å². The summed E-state index contributed by atoms with van der Waals surface area (Å²) in [7, 11) is 0. The predicted molar refractivity (Wildman–Crippen MR) is 47.3 cm³/mol. The lowest BCUT2D eigenvalue weighted by Crippen LogP contribution is -2.32. The quantitative estimate of drug-likeness (QED) is 0.582. The van der Waals surface area contributed by atoms with Gasteiger partial charge in [0, 0.05) is 12.5 Å². The van der Waals surface area contributed by atoms with Crippen molar-refractivity contribution in [2.75, 3.05) is 13.1 Å². The molecule has 1 atom stereocenters. The molecule has 0 aliphatic rings. The topological polar surface area (TPSA) is 20.3 Å². The zero-order chi connectivity index (χ0) is 8.69. The summed E-state index contributed by atoms with van der Waals surface area (Å²) in [5.74, 6) is 0. The normalized spacial score (nSPS) is 13.5. The van der Waals surface area contributed by atoms with E-state index in [4.69, 9.17) is 0 Å². The van der Waals surface area contributed by atoms with Crippen molar-refractivity contribution < 1.29 is 4.79 Å². The van der Waals surface area contributed by atoms with E-state index in [1.165, 1.54) is 0 Å². The van der Waals surface area contributed by atoms with Crippen LogP contribution >= 0.6 is 0 Å². The number of carbonyl (C=O) groups excluding carboxylic acids is 1. The minimum atomic E-state index is 0.520. The van der Waals surface area contributed by atoms with Crippen LogP contribution in [0.2, 0.25) is 0 Å². The highest BCUT2D eigenvalue weighted by Gasteiger charge is 2.08. The van der Waals surface area contributed by atoms with Gasteiger partial charge in [0.05, 0.1) is 0 Å². The van der Waals surface area contributed by atoms with E-state index in [2.05, 4.69) is 25.7 Å². The summed E-state index contributed by atoms with van der Waals surface area (Å²) in [6.45, 7) is 8.58. The first-order chi connectivity index (χ1) is 5.26. The summed E-state index contributed by atoms with van der Waals surface area (Å²) >= 11 is 0. The van der Waals surface area contributed by atoms with E-state index in [0.717, 1.165) is 19.5 Å². The Labute approximate surface area is 69.6 Å². The maximum Gasteiger partial charge on any atom is 0.198 e. The summed E-state index contributed by atoms with van der Waals surface area (Å²) in [4.78, 5) is 12.3. The van der Waals surface area contributed by atoms with Crippen molar-refractivity contribution in [3.8, 4) is 0 Å². The molecule has 1 unspecified atom stereocenters. The SMILES string of the molecule is CCN(CC)C(C)CC[C]=O. The highest BCUT2D eigenvalue weighted by atomic mass is 16.1. The van der Waals surface area contributed by atoms with Crippen molar-refractivity contribution in [2.45, 2.75) is 39.7 Å². The average molecular weight is 156 g/mol. The third kappa shape index (κ3) is 4.14. The second-order valence-corrected chi connectivity index (χ2v) is 2.75. The van der Waals surface area contributed by atoms with Crippen LogP contribution in [-0.4, -0.2) is 30.3 Å². The molecule has 0 fully saturated rings. The summed E-state index contributed by atoms with van der Waals surface area (Å²) in [5, 5.41) is 0. The average Bonchev–Trinajstić information content (AvgIpc) is 2.03. The van der Waals surface area contributed by atoms with Gasteiger partial charge in [-0.2, -0.15) is 0 Å². The number of rotatable bonds is 6. The van der Waals surface area contributed by atoms with Gasteiger partial charge in [-0.1, -0.05) is 13.8 Å². The fourth-order valence-electron chi connectivity index (χ4n) is 1.30. The lowest BCUT2D eigenvalue weighted by molar-refractivity contribution is 0.223. The molecular formula is C9H18NO. The van der Waals surface area contributed by atoms with Crippen molar-refractivity contribution in [3.05, 3.63) is 0 Å². The van der Waals surface area contributed by atoms with Crippen LogP contribution in [0.3, 0.4) is 0 Å². The van der Waals surface area contributed by atoms with E-state index < -0.39 is 0 Å². The van der Waals surface area contributed by atoms with Crippen LogP contribution in [0.25, 0.3) is 0 Å².